The van der Waals surface area contributed by atoms with E-state index in [1.807, 2.05) is 18.4 Å². The van der Waals surface area contributed by atoms with E-state index in [1.165, 1.54) is 4.31 Å². The lowest BCUT2D eigenvalue weighted by Crippen LogP contribution is -2.30. The molecule has 0 aromatic carbocycles. The predicted molar refractivity (Wildman–Crippen MR) is 80.6 cm³/mol. The number of hydrogen-bond donors (Lipinski definition) is 0. The third-order valence-corrected chi connectivity index (χ3v) is 5.12. The molecule has 0 aliphatic heterocycles. The Morgan fingerprint density at radius 2 is 2.10 bits per heavy atom. The van der Waals surface area contributed by atoms with Crippen molar-refractivity contribution in [2.75, 3.05) is 26.8 Å². The Labute approximate surface area is 126 Å². The van der Waals surface area contributed by atoms with E-state index in [2.05, 4.69) is 0 Å². The zero-order valence-electron chi connectivity index (χ0n) is 12.3. The highest BCUT2D eigenvalue weighted by Gasteiger charge is 2.23. The maximum Gasteiger partial charge on any atom is 0.244 e. The van der Waals surface area contributed by atoms with Crippen LogP contribution in [0.5, 0.6) is 0 Å². The van der Waals surface area contributed by atoms with Gasteiger partial charge in [0.05, 0.1) is 12.5 Å². The number of alkyl halides is 1. The topological polar surface area (TPSA) is 51.5 Å². The highest BCUT2D eigenvalue weighted by Crippen LogP contribution is 2.19. The molecule has 0 radical (unpaired) electrons. The van der Waals surface area contributed by atoms with Gasteiger partial charge in [0.15, 0.2) is 0 Å². The molecular formula is C13H23ClN2O3S. The van der Waals surface area contributed by atoms with E-state index in [0.29, 0.717) is 30.5 Å². The summed E-state index contributed by atoms with van der Waals surface area (Å²) in [6.07, 6.45) is 2.59. The minimum absolute atomic E-state index is 0.292. The molecule has 1 rings (SSSR count). The molecule has 0 unspecified atom stereocenters. The van der Waals surface area contributed by atoms with Crippen LogP contribution in [0.1, 0.15) is 26.0 Å². The summed E-state index contributed by atoms with van der Waals surface area (Å²) in [4.78, 5) is 0.292. The van der Waals surface area contributed by atoms with Crippen LogP contribution in [0.4, 0.5) is 0 Å². The molecule has 0 aliphatic rings. The standard InChI is InChI=1S/C13H23ClN2O3S/c1-4-6-16-11-13(9-12(16)10-14)20(17,18)15(3)7-8-19-5-2/h9,11H,4-8,10H2,1-3H3. The first-order valence-electron chi connectivity index (χ1n) is 6.76. The van der Waals surface area contributed by atoms with Crippen molar-refractivity contribution in [3.63, 3.8) is 0 Å². The van der Waals surface area contributed by atoms with Crippen LogP contribution in [0.25, 0.3) is 0 Å². The lowest BCUT2D eigenvalue weighted by Gasteiger charge is -2.15. The molecule has 0 N–H and O–H groups in total. The second kappa shape index (κ2) is 8.02. The van der Waals surface area contributed by atoms with Crippen LogP contribution in [0.3, 0.4) is 0 Å². The van der Waals surface area contributed by atoms with Gasteiger partial charge in [-0.3, -0.25) is 0 Å². The fourth-order valence-corrected chi connectivity index (χ4v) is 3.31. The molecule has 1 aromatic rings. The van der Waals surface area contributed by atoms with Crippen molar-refractivity contribution in [3.05, 3.63) is 18.0 Å². The molecule has 116 valence electrons. The largest absolute Gasteiger partial charge is 0.380 e. The van der Waals surface area contributed by atoms with Crippen LogP contribution < -0.4 is 0 Å². The molecule has 0 bridgehead atoms. The highest BCUT2D eigenvalue weighted by atomic mass is 35.5. The van der Waals surface area contributed by atoms with Gasteiger partial charge in [0.25, 0.3) is 0 Å². The van der Waals surface area contributed by atoms with Gasteiger partial charge >= 0.3 is 0 Å². The number of halogens is 1. The molecule has 7 heteroatoms. The monoisotopic (exact) mass is 322 g/mol. The van der Waals surface area contributed by atoms with Crippen LogP contribution >= 0.6 is 11.6 Å². The summed E-state index contributed by atoms with van der Waals surface area (Å²) in [5, 5.41) is 0. The second-order valence-corrected chi connectivity index (χ2v) is 6.83. The normalized spacial score (nSPS) is 12.2. The first-order chi connectivity index (χ1) is 9.47. The SMILES string of the molecule is CCCn1cc(S(=O)(=O)N(C)CCOCC)cc1CCl. The van der Waals surface area contributed by atoms with Crippen molar-refractivity contribution < 1.29 is 13.2 Å². The molecular weight excluding hydrogens is 300 g/mol. The summed E-state index contributed by atoms with van der Waals surface area (Å²) in [5.41, 5.74) is 0.824. The van der Waals surface area contributed by atoms with E-state index >= 15 is 0 Å². The quantitative estimate of drug-likeness (QED) is 0.518. The number of aromatic nitrogens is 1. The number of likely N-dealkylation sites (N-methyl/N-ethyl adjacent to an activating group) is 1. The zero-order chi connectivity index (χ0) is 15.2. The molecule has 0 aliphatic carbocycles. The molecule has 1 aromatic heterocycles. The number of nitrogens with zero attached hydrogens (tertiary/aromatic N) is 2. The van der Waals surface area contributed by atoms with Crippen molar-refractivity contribution in [2.24, 2.45) is 0 Å². The minimum Gasteiger partial charge on any atom is -0.380 e. The van der Waals surface area contributed by atoms with Gasteiger partial charge in [-0.05, 0) is 19.4 Å². The van der Waals surface area contributed by atoms with Crippen molar-refractivity contribution in [2.45, 2.75) is 37.6 Å². The molecule has 20 heavy (non-hydrogen) atoms. The Morgan fingerprint density at radius 1 is 1.40 bits per heavy atom. The summed E-state index contributed by atoms with van der Waals surface area (Å²) in [6.45, 7) is 6.00. The van der Waals surface area contributed by atoms with Crippen LogP contribution in [0, 0.1) is 0 Å². The van der Waals surface area contributed by atoms with E-state index in [1.54, 1.807) is 19.3 Å². The van der Waals surface area contributed by atoms with E-state index in [-0.39, 0.29) is 0 Å². The van der Waals surface area contributed by atoms with Gasteiger partial charge in [-0.25, -0.2) is 8.42 Å². The van der Waals surface area contributed by atoms with Gasteiger partial charge < -0.3 is 9.30 Å². The Bertz CT molecular complexity index is 514. The first kappa shape index (κ1) is 17.5. The minimum atomic E-state index is -3.48. The summed E-state index contributed by atoms with van der Waals surface area (Å²) in [6, 6.07) is 1.65. The van der Waals surface area contributed by atoms with Gasteiger partial charge in [-0.15, -0.1) is 11.6 Å². The van der Waals surface area contributed by atoms with E-state index in [4.69, 9.17) is 16.3 Å². The van der Waals surface area contributed by atoms with Crippen LogP contribution in [0.15, 0.2) is 17.2 Å². The predicted octanol–water partition coefficient (Wildman–Crippen LogP) is 2.29. The van der Waals surface area contributed by atoms with Crippen LogP contribution in [-0.4, -0.2) is 44.1 Å². The maximum absolute atomic E-state index is 12.4. The molecule has 1 heterocycles. The third kappa shape index (κ3) is 4.22. The number of sulfonamides is 1. The van der Waals surface area contributed by atoms with Gasteiger partial charge in [0.2, 0.25) is 10.0 Å². The van der Waals surface area contributed by atoms with Gasteiger partial charge in [0, 0.05) is 38.6 Å². The number of aryl methyl sites for hydroxylation is 1. The number of hydrogen-bond acceptors (Lipinski definition) is 3. The molecule has 0 saturated carbocycles. The molecule has 0 spiro atoms. The maximum atomic E-state index is 12.4. The molecule has 0 fully saturated rings. The summed E-state index contributed by atoms with van der Waals surface area (Å²) < 4.78 is 33.3. The average Bonchev–Trinajstić information content (AvgIpc) is 2.83. The fraction of sp³-hybridized carbons (Fsp3) is 0.692. The summed E-state index contributed by atoms with van der Waals surface area (Å²) in [7, 11) is -1.91. The lowest BCUT2D eigenvalue weighted by atomic mass is 10.4. The van der Waals surface area contributed by atoms with Crippen molar-refractivity contribution in [3.8, 4) is 0 Å². The van der Waals surface area contributed by atoms with Crippen LogP contribution in [-0.2, 0) is 27.2 Å². The molecule has 0 saturated heterocycles. The Kier molecular flexibility index (Phi) is 7.02. The van der Waals surface area contributed by atoms with Crippen molar-refractivity contribution in [1.82, 2.24) is 8.87 Å². The molecule has 5 nitrogen and oxygen atoms in total. The highest BCUT2D eigenvalue weighted by molar-refractivity contribution is 7.89. The molecule has 0 amide bonds. The van der Waals surface area contributed by atoms with Crippen molar-refractivity contribution in [1.29, 1.82) is 0 Å². The average molecular weight is 323 g/mol. The summed E-state index contributed by atoms with van der Waals surface area (Å²) >= 11 is 5.86. The second-order valence-electron chi connectivity index (χ2n) is 4.52. The van der Waals surface area contributed by atoms with Crippen molar-refractivity contribution >= 4 is 21.6 Å². The van der Waals surface area contributed by atoms with E-state index in [9.17, 15) is 8.42 Å². The van der Waals surface area contributed by atoms with E-state index in [0.717, 1.165) is 18.7 Å². The number of ether oxygens (including phenoxy) is 1. The smallest absolute Gasteiger partial charge is 0.244 e. The van der Waals surface area contributed by atoms with Gasteiger partial charge in [-0.2, -0.15) is 4.31 Å². The molecule has 0 atom stereocenters. The Hall–Kier alpha value is -0.560. The van der Waals surface area contributed by atoms with Crippen LogP contribution in [0.2, 0.25) is 0 Å². The van der Waals surface area contributed by atoms with Gasteiger partial charge in [-0.1, -0.05) is 6.92 Å². The number of rotatable bonds is 9. The van der Waals surface area contributed by atoms with E-state index < -0.39 is 10.0 Å². The fourth-order valence-electron chi connectivity index (χ4n) is 1.86. The summed E-state index contributed by atoms with van der Waals surface area (Å²) in [5.74, 6) is 0.304. The first-order valence-corrected chi connectivity index (χ1v) is 8.73. The Morgan fingerprint density at radius 3 is 2.65 bits per heavy atom. The zero-order valence-corrected chi connectivity index (χ0v) is 13.9. The lowest BCUT2D eigenvalue weighted by molar-refractivity contribution is 0.138. The van der Waals surface area contributed by atoms with Gasteiger partial charge in [0.1, 0.15) is 4.90 Å². The third-order valence-electron chi connectivity index (χ3n) is 3.03. The Balaban J connectivity index is 2.91.